The number of thiazole rings is 1. The Labute approximate surface area is 130 Å². The predicted octanol–water partition coefficient (Wildman–Crippen LogP) is 4.32. The lowest BCUT2D eigenvalue weighted by Crippen LogP contribution is -2.24. The number of benzene rings is 1. The van der Waals surface area contributed by atoms with Gasteiger partial charge in [0.25, 0.3) is 0 Å². The van der Waals surface area contributed by atoms with Crippen molar-refractivity contribution >= 4 is 27.5 Å². The zero-order chi connectivity index (χ0) is 14.9. The molecule has 0 saturated carbocycles. The molecular weight excluding hydrogens is 280 g/mol. The standard InChI is InChI=1S/C17H24N2OS/c1-2-3-4-7-13-18-16(20)11-8-12-17-19-14-9-5-6-10-15(14)21-17/h5-6,9-10H,2-4,7-8,11-13H2,1H3,(H,18,20). The maximum absolute atomic E-state index is 11.7. The molecule has 0 saturated heterocycles. The van der Waals surface area contributed by atoms with Crippen molar-refractivity contribution in [2.24, 2.45) is 0 Å². The fourth-order valence-corrected chi connectivity index (χ4v) is 3.30. The molecule has 4 heteroatoms. The second-order valence-corrected chi connectivity index (χ2v) is 6.45. The minimum Gasteiger partial charge on any atom is -0.356 e. The third-order valence-electron chi connectivity index (χ3n) is 3.49. The summed E-state index contributed by atoms with van der Waals surface area (Å²) in [7, 11) is 0. The summed E-state index contributed by atoms with van der Waals surface area (Å²) in [6, 6.07) is 8.19. The molecule has 2 aromatic rings. The zero-order valence-corrected chi connectivity index (χ0v) is 13.5. The first-order valence-corrected chi connectivity index (χ1v) is 8.72. The van der Waals surface area contributed by atoms with E-state index in [4.69, 9.17) is 0 Å². The number of para-hydroxylation sites is 1. The molecule has 21 heavy (non-hydrogen) atoms. The van der Waals surface area contributed by atoms with Crippen molar-refractivity contribution in [3.63, 3.8) is 0 Å². The van der Waals surface area contributed by atoms with Crippen LogP contribution in [0.5, 0.6) is 0 Å². The Hall–Kier alpha value is -1.42. The van der Waals surface area contributed by atoms with Gasteiger partial charge in [-0.25, -0.2) is 4.98 Å². The number of unbranched alkanes of at least 4 members (excludes halogenated alkanes) is 3. The van der Waals surface area contributed by atoms with Gasteiger partial charge in [-0.3, -0.25) is 4.79 Å². The van der Waals surface area contributed by atoms with Gasteiger partial charge in [0.1, 0.15) is 0 Å². The van der Waals surface area contributed by atoms with Gasteiger partial charge in [0.15, 0.2) is 0 Å². The normalized spacial score (nSPS) is 10.9. The van der Waals surface area contributed by atoms with Crippen LogP contribution in [-0.2, 0) is 11.2 Å². The molecule has 0 atom stereocenters. The number of rotatable bonds is 9. The van der Waals surface area contributed by atoms with E-state index in [0.29, 0.717) is 6.42 Å². The van der Waals surface area contributed by atoms with Gasteiger partial charge in [0, 0.05) is 13.0 Å². The minimum atomic E-state index is 0.174. The van der Waals surface area contributed by atoms with Crippen molar-refractivity contribution in [1.82, 2.24) is 10.3 Å². The zero-order valence-electron chi connectivity index (χ0n) is 12.7. The van der Waals surface area contributed by atoms with Crippen LogP contribution in [0.25, 0.3) is 10.2 Å². The average molecular weight is 304 g/mol. The number of hydrogen-bond acceptors (Lipinski definition) is 3. The van der Waals surface area contributed by atoms with Crippen LogP contribution in [0, 0.1) is 0 Å². The molecule has 0 radical (unpaired) electrons. The van der Waals surface area contributed by atoms with Crippen LogP contribution in [0.2, 0.25) is 0 Å². The molecule has 0 aliphatic rings. The molecule has 0 aliphatic heterocycles. The van der Waals surface area contributed by atoms with E-state index in [0.717, 1.165) is 36.3 Å². The fraction of sp³-hybridized carbons (Fsp3) is 0.529. The summed E-state index contributed by atoms with van der Waals surface area (Å²) in [6.45, 7) is 3.01. The number of aryl methyl sites for hydroxylation is 1. The Morgan fingerprint density at radius 2 is 2.05 bits per heavy atom. The Morgan fingerprint density at radius 3 is 2.86 bits per heavy atom. The van der Waals surface area contributed by atoms with E-state index >= 15 is 0 Å². The van der Waals surface area contributed by atoms with Crippen LogP contribution < -0.4 is 5.32 Å². The molecule has 1 N–H and O–H groups in total. The van der Waals surface area contributed by atoms with Crippen molar-refractivity contribution in [2.75, 3.05) is 6.54 Å². The molecule has 0 bridgehead atoms. The molecular formula is C17H24N2OS. The van der Waals surface area contributed by atoms with Gasteiger partial charge in [0.05, 0.1) is 15.2 Å². The molecule has 1 aromatic carbocycles. The third-order valence-corrected chi connectivity index (χ3v) is 4.58. The van der Waals surface area contributed by atoms with Crippen molar-refractivity contribution < 1.29 is 4.79 Å². The van der Waals surface area contributed by atoms with E-state index in [1.54, 1.807) is 11.3 Å². The molecule has 1 aromatic heterocycles. The maximum Gasteiger partial charge on any atom is 0.220 e. The maximum atomic E-state index is 11.7. The highest BCUT2D eigenvalue weighted by Gasteiger charge is 2.05. The molecule has 0 fully saturated rings. The number of hydrogen-bond donors (Lipinski definition) is 1. The van der Waals surface area contributed by atoms with Crippen molar-refractivity contribution in [3.05, 3.63) is 29.3 Å². The summed E-state index contributed by atoms with van der Waals surface area (Å²) in [5, 5.41) is 4.13. The summed E-state index contributed by atoms with van der Waals surface area (Å²) >= 11 is 1.73. The highest BCUT2D eigenvalue weighted by Crippen LogP contribution is 2.22. The number of nitrogens with zero attached hydrogens (tertiary/aromatic N) is 1. The van der Waals surface area contributed by atoms with E-state index in [2.05, 4.69) is 23.3 Å². The Bertz CT molecular complexity index is 532. The van der Waals surface area contributed by atoms with Gasteiger partial charge < -0.3 is 5.32 Å². The third kappa shape index (κ3) is 5.46. The monoisotopic (exact) mass is 304 g/mol. The number of carbonyl (C=O) groups excluding carboxylic acids is 1. The van der Waals surface area contributed by atoms with Crippen LogP contribution in [0.15, 0.2) is 24.3 Å². The lowest BCUT2D eigenvalue weighted by molar-refractivity contribution is -0.121. The van der Waals surface area contributed by atoms with Gasteiger partial charge in [-0.05, 0) is 31.4 Å². The molecule has 3 nitrogen and oxygen atoms in total. The van der Waals surface area contributed by atoms with Gasteiger partial charge in [-0.15, -0.1) is 11.3 Å². The number of carbonyl (C=O) groups is 1. The van der Waals surface area contributed by atoms with E-state index in [9.17, 15) is 4.79 Å². The molecule has 0 spiro atoms. The molecule has 0 unspecified atom stereocenters. The van der Waals surface area contributed by atoms with Crippen molar-refractivity contribution in [2.45, 2.75) is 51.9 Å². The second kappa shape index (κ2) is 8.78. The molecule has 2 rings (SSSR count). The number of fused-ring (bicyclic) bond motifs is 1. The minimum absolute atomic E-state index is 0.174. The molecule has 114 valence electrons. The number of aromatic nitrogens is 1. The first-order valence-electron chi connectivity index (χ1n) is 7.90. The molecule has 1 heterocycles. The van der Waals surface area contributed by atoms with E-state index in [1.165, 1.54) is 24.0 Å². The largest absolute Gasteiger partial charge is 0.356 e. The summed E-state index contributed by atoms with van der Waals surface area (Å²) < 4.78 is 1.23. The van der Waals surface area contributed by atoms with Gasteiger partial charge in [0.2, 0.25) is 5.91 Å². The summed E-state index contributed by atoms with van der Waals surface area (Å²) in [4.78, 5) is 16.3. The number of nitrogens with one attached hydrogen (secondary N) is 1. The van der Waals surface area contributed by atoms with Crippen LogP contribution in [0.1, 0.15) is 50.5 Å². The first kappa shape index (κ1) is 16.0. The lowest BCUT2D eigenvalue weighted by Gasteiger charge is -2.04. The van der Waals surface area contributed by atoms with Crippen molar-refractivity contribution in [3.8, 4) is 0 Å². The van der Waals surface area contributed by atoms with Crippen molar-refractivity contribution in [1.29, 1.82) is 0 Å². The van der Waals surface area contributed by atoms with Gasteiger partial charge >= 0.3 is 0 Å². The summed E-state index contributed by atoms with van der Waals surface area (Å²) in [5.41, 5.74) is 1.07. The Kier molecular flexibility index (Phi) is 6.67. The first-order chi connectivity index (χ1) is 10.3. The topological polar surface area (TPSA) is 42.0 Å². The predicted molar refractivity (Wildman–Crippen MR) is 89.7 cm³/mol. The quantitative estimate of drug-likeness (QED) is 0.701. The lowest BCUT2D eigenvalue weighted by atomic mass is 10.2. The Balaban J connectivity index is 1.63. The SMILES string of the molecule is CCCCCCNC(=O)CCCc1nc2ccccc2s1. The van der Waals surface area contributed by atoms with Crippen LogP contribution >= 0.6 is 11.3 Å². The van der Waals surface area contributed by atoms with Crippen LogP contribution in [0.3, 0.4) is 0 Å². The summed E-state index contributed by atoms with van der Waals surface area (Å²) in [5.74, 6) is 0.174. The smallest absolute Gasteiger partial charge is 0.220 e. The highest BCUT2D eigenvalue weighted by atomic mass is 32.1. The van der Waals surface area contributed by atoms with Crippen LogP contribution in [0.4, 0.5) is 0 Å². The molecule has 1 amide bonds. The second-order valence-electron chi connectivity index (χ2n) is 5.34. The van der Waals surface area contributed by atoms with E-state index in [-0.39, 0.29) is 5.91 Å². The fourth-order valence-electron chi connectivity index (χ4n) is 2.30. The molecule has 0 aliphatic carbocycles. The summed E-state index contributed by atoms with van der Waals surface area (Å²) in [6.07, 6.45) is 7.16. The van der Waals surface area contributed by atoms with Gasteiger partial charge in [-0.1, -0.05) is 38.3 Å². The number of amides is 1. The van der Waals surface area contributed by atoms with Crippen LogP contribution in [-0.4, -0.2) is 17.4 Å². The van der Waals surface area contributed by atoms with E-state index < -0.39 is 0 Å². The van der Waals surface area contributed by atoms with Gasteiger partial charge in [-0.2, -0.15) is 0 Å². The average Bonchev–Trinajstić information content (AvgIpc) is 2.89. The van der Waals surface area contributed by atoms with E-state index in [1.807, 2.05) is 18.2 Å². The Morgan fingerprint density at radius 1 is 1.19 bits per heavy atom. The highest BCUT2D eigenvalue weighted by molar-refractivity contribution is 7.18.